The van der Waals surface area contributed by atoms with Crippen molar-refractivity contribution in [3.63, 3.8) is 0 Å². The van der Waals surface area contributed by atoms with Crippen LogP contribution in [0.4, 0.5) is 11.4 Å². The molecule has 5 rings (SSSR count). The molecule has 34 heavy (non-hydrogen) atoms. The molecular formula is C25H16Cl2N2O4S. The van der Waals surface area contributed by atoms with Gasteiger partial charge in [-0.3, -0.25) is 19.8 Å². The summed E-state index contributed by atoms with van der Waals surface area (Å²) in [4.78, 5) is 25.4. The van der Waals surface area contributed by atoms with Crippen molar-refractivity contribution in [2.45, 2.75) is 5.37 Å². The normalized spacial score (nSPS) is 15.6. The van der Waals surface area contributed by atoms with Gasteiger partial charge in [0.25, 0.3) is 5.69 Å². The van der Waals surface area contributed by atoms with E-state index >= 15 is 0 Å². The quantitative estimate of drug-likeness (QED) is 0.204. The van der Waals surface area contributed by atoms with Crippen LogP contribution < -0.4 is 9.64 Å². The van der Waals surface area contributed by atoms with E-state index in [2.05, 4.69) is 0 Å². The molecule has 9 heteroatoms. The second-order valence-corrected chi connectivity index (χ2v) is 9.41. The van der Waals surface area contributed by atoms with Gasteiger partial charge >= 0.3 is 0 Å². The van der Waals surface area contributed by atoms with Crippen LogP contribution in [0.3, 0.4) is 0 Å². The average Bonchev–Trinajstić information content (AvgIpc) is 3.23. The first kappa shape index (κ1) is 22.5. The molecule has 0 spiro atoms. The molecule has 0 bridgehead atoms. The number of amides is 1. The van der Waals surface area contributed by atoms with Crippen LogP contribution in [0.1, 0.15) is 10.9 Å². The highest BCUT2D eigenvalue weighted by molar-refractivity contribution is 8.00. The molecular weight excluding hydrogens is 495 g/mol. The lowest BCUT2D eigenvalue weighted by Crippen LogP contribution is -2.28. The number of carbonyl (C=O) groups excluding carboxylic acids is 1. The van der Waals surface area contributed by atoms with Crippen LogP contribution in [0, 0.1) is 10.1 Å². The SMILES string of the molecule is O=C1CS[C@@H](c2ccccc2[N+](=O)[O-])N1c1ccc(Oc2ccc3ccccc3c2Cl)c(Cl)c1. The summed E-state index contributed by atoms with van der Waals surface area (Å²) in [6.07, 6.45) is 0. The predicted octanol–water partition coefficient (Wildman–Crippen LogP) is 7.63. The van der Waals surface area contributed by atoms with Gasteiger partial charge in [0.15, 0.2) is 0 Å². The third-order valence-corrected chi connectivity index (χ3v) is 7.39. The van der Waals surface area contributed by atoms with Gasteiger partial charge in [0.1, 0.15) is 16.9 Å². The Kier molecular flexibility index (Phi) is 6.08. The van der Waals surface area contributed by atoms with E-state index in [1.807, 2.05) is 30.3 Å². The topological polar surface area (TPSA) is 72.7 Å². The van der Waals surface area contributed by atoms with E-state index in [1.54, 1.807) is 42.5 Å². The summed E-state index contributed by atoms with van der Waals surface area (Å²) in [5.41, 5.74) is 0.958. The molecule has 0 aliphatic carbocycles. The van der Waals surface area contributed by atoms with Crippen molar-refractivity contribution in [1.29, 1.82) is 0 Å². The predicted molar refractivity (Wildman–Crippen MR) is 136 cm³/mol. The Balaban J connectivity index is 1.47. The summed E-state index contributed by atoms with van der Waals surface area (Å²) in [5.74, 6) is 0.888. The van der Waals surface area contributed by atoms with E-state index in [4.69, 9.17) is 27.9 Å². The zero-order valence-electron chi connectivity index (χ0n) is 17.5. The number of hydrogen-bond donors (Lipinski definition) is 0. The van der Waals surface area contributed by atoms with Crippen LogP contribution in [0.5, 0.6) is 11.5 Å². The zero-order chi connectivity index (χ0) is 23.8. The van der Waals surface area contributed by atoms with E-state index < -0.39 is 10.3 Å². The molecule has 0 radical (unpaired) electrons. The van der Waals surface area contributed by atoms with Crippen molar-refractivity contribution < 1.29 is 14.5 Å². The largest absolute Gasteiger partial charge is 0.454 e. The van der Waals surface area contributed by atoms with Gasteiger partial charge in [0.05, 0.1) is 26.3 Å². The van der Waals surface area contributed by atoms with Gasteiger partial charge in [-0.2, -0.15) is 0 Å². The maximum absolute atomic E-state index is 12.7. The Hall–Kier alpha value is -3.26. The van der Waals surface area contributed by atoms with Gasteiger partial charge in [-0.15, -0.1) is 11.8 Å². The van der Waals surface area contributed by atoms with E-state index in [0.29, 0.717) is 27.8 Å². The van der Waals surface area contributed by atoms with Crippen LogP contribution >= 0.6 is 35.0 Å². The van der Waals surface area contributed by atoms with Crippen molar-refractivity contribution >= 4 is 63.0 Å². The minimum atomic E-state index is -0.535. The lowest BCUT2D eigenvalue weighted by atomic mass is 10.1. The molecule has 0 saturated carbocycles. The Bertz CT molecular complexity index is 1450. The van der Waals surface area contributed by atoms with Gasteiger partial charge < -0.3 is 4.74 Å². The van der Waals surface area contributed by atoms with Crippen LogP contribution in [0.15, 0.2) is 78.9 Å². The number of benzene rings is 4. The fourth-order valence-electron chi connectivity index (χ4n) is 3.93. The molecule has 1 aliphatic heterocycles. The summed E-state index contributed by atoms with van der Waals surface area (Å²) in [5, 5.41) is 13.6. The zero-order valence-corrected chi connectivity index (χ0v) is 19.8. The minimum Gasteiger partial charge on any atom is -0.454 e. The van der Waals surface area contributed by atoms with Crippen LogP contribution in [0.25, 0.3) is 10.8 Å². The van der Waals surface area contributed by atoms with Crippen LogP contribution in [-0.4, -0.2) is 16.6 Å². The highest BCUT2D eigenvalue weighted by Crippen LogP contribution is 2.46. The van der Waals surface area contributed by atoms with Crippen LogP contribution in [-0.2, 0) is 4.79 Å². The molecule has 1 amide bonds. The van der Waals surface area contributed by atoms with Crippen molar-refractivity contribution in [1.82, 2.24) is 0 Å². The molecule has 4 aromatic carbocycles. The lowest BCUT2D eigenvalue weighted by Gasteiger charge is -2.24. The number of nitro groups is 1. The van der Waals surface area contributed by atoms with Crippen molar-refractivity contribution in [2.75, 3.05) is 10.7 Å². The third-order valence-electron chi connectivity index (χ3n) is 5.51. The van der Waals surface area contributed by atoms with Gasteiger partial charge in [-0.05, 0) is 35.7 Å². The fourth-order valence-corrected chi connectivity index (χ4v) is 5.62. The highest BCUT2D eigenvalue weighted by atomic mass is 35.5. The number of carbonyl (C=O) groups is 1. The van der Waals surface area contributed by atoms with E-state index in [1.165, 1.54) is 22.7 Å². The molecule has 170 valence electrons. The lowest BCUT2D eigenvalue weighted by molar-refractivity contribution is -0.385. The van der Waals surface area contributed by atoms with E-state index in [9.17, 15) is 14.9 Å². The number of anilines is 1. The summed E-state index contributed by atoms with van der Waals surface area (Å²) < 4.78 is 5.99. The van der Waals surface area contributed by atoms with Crippen molar-refractivity contribution in [3.8, 4) is 11.5 Å². The number of hydrogen-bond acceptors (Lipinski definition) is 5. The standard InChI is InChI=1S/C25H16Cl2N2O4S/c26-19-13-16(28-23(30)14-34-25(28)18-7-3-4-8-20(18)29(31)32)10-12-21(19)33-22-11-9-15-5-1-2-6-17(15)24(22)27/h1-13,25H,14H2/t25-/m0/s1. The second-order valence-electron chi connectivity index (χ2n) is 7.56. The Labute approximate surface area is 209 Å². The van der Waals surface area contributed by atoms with Crippen molar-refractivity contribution in [3.05, 3.63) is 105 Å². The van der Waals surface area contributed by atoms with Crippen molar-refractivity contribution in [2.24, 2.45) is 0 Å². The molecule has 6 nitrogen and oxygen atoms in total. The summed E-state index contributed by atoms with van der Waals surface area (Å²) in [7, 11) is 0. The maximum Gasteiger partial charge on any atom is 0.275 e. The number of rotatable bonds is 5. The molecule has 1 atom stereocenters. The van der Waals surface area contributed by atoms with E-state index in [0.717, 1.165) is 10.8 Å². The average molecular weight is 511 g/mol. The molecule has 1 heterocycles. The van der Waals surface area contributed by atoms with Gasteiger partial charge in [0, 0.05) is 17.1 Å². The number of para-hydroxylation sites is 1. The minimum absolute atomic E-state index is 0.0308. The number of ether oxygens (including phenoxy) is 1. The fraction of sp³-hybridized carbons (Fsp3) is 0.0800. The van der Waals surface area contributed by atoms with Gasteiger partial charge in [0.2, 0.25) is 5.91 Å². The Morgan fingerprint density at radius 2 is 1.71 bits per heavy atom. The maximum atomic E-state index is 12.7. The van der Waals surface area contributed by atoms with Gasteiger partial charge in [-0.1, -0.05) is 65.7 Å². The molecule has 0 N–H and O–H groups in total. The summed E-state index contributed by atoms with van der Waals surface area (Å²) in [6.45, 7) is 0. The summed E-state index contributed by atoms with van der Waals surface area (Å²) in [6, 6.07) is 22.8. The Morgan fingerprint density at radius 1 is 0.971 bits per heavy atom. The second kappa shape index (κ2) is 9.18. The molecule has 0 unspecified atom stereocenters. The number of nitro benzene ring substituents is 1. The van der Waals surface area contributed by atoms with E-state index in [-0.39, 0.29) is 22.4 Å². The third kappa shape index (κ3) is 4.07. The molecule has 1 aliphatic rings. The molecule has 1 fully saturated rings. The number of halogens is 2. The molecule has 0 aromatic heterocycles. The Morgan fingerprint density at radius 3 is 2.50 bits per heavy atom. The van der Waals surface area contributed by atoms with Gasteiger partial charge in [-0.25, -0.2) is 0 Å². The highest BCUT2D eigenvalue weighted by Gasteiger charge is 2.37. The number of nitrogens with zero attached hydrogens (tertiary/aromatic N) is 2. The first-order valence-corrected chi connectivity index (χ1v) is 12.1. The number of thioether (sulfide) groups is 1. The summed E-state index contributed by atoms with van der Waals surface area (Å²) >= 11 is 14.4. The smallest absolute Gasteiger partial charge is 0.275 e. The monoisotopic (exact) mass is 510 g/mol. The van der Waals surface area contributed by atoms with Crippen LogP contribution in [0.2, 0.25) is 10.0 Å². The first-order valence-electron chi connectivity index (χ1n) is 10.3. The first-order chi connectivity index (χ1) is 16.4. The molecule has 1 saturated heterocycles. The number of fused-ring (bicyclic) bond motifs is 1. The molecule has 4 aromatic rings.